The first kappa shape index (κ1) is 13.7. The fourth-order valence-electron chi connectivity index (χ4n) is 2.81. The van der Waals surface area contributed by atoms with Crippen LogP contribution in [0.1, 0.15) is 5.56 Å². The molecule has 5 rings (SSSR count). The van der Waals surface area contributed by atoms with Crippen LogP contribution in [-0.4, -0.2) is 16.5 Å². The summed E-state index contributed by atoms with van der Waals surface area (Å²) in [4.78, 5) is 9.03. The van der Waals surface area contributed by atoms with E-state index in [2.05, 4.69) is 39.6 Å². The first-order chi connectivity index (χ1) is 11.4. The van der Waals surface area contributed by atoms with Crippen molar-refractivity contribution >= 4 is 27.8 Å². The third-order valence-corrected chi connectivity index (χ3v) is 3.97. The van der Waals surface area contributed by atoms with Gasteiger partial charge in [0.1, 0.15) is 0 Å². The minimum absolute atomic E-state index is 0.950. The molecule has 1 N–H and O–H groups in total. The molecule has 3 nitrogen and oxygen atoms in total. The Kier molecular flexibility index (Phi) is 3.60. The second kappa shape index (κ2) is 6.05. The molecule has 3 heteroatoms. The van der Waals surface area contributed by atoms with Gasteiger partial charge in [-0.25, -0.2) is 9.97 Å². The van der Waals surface area contributed by atoms with Crippen molar-refractivity contribution in [1.82, 2.24) is 9.97 Å². The van der Waals surface area contributed by atoms with Crippen LogP contribution in [0.2, 0.25) is 0 Å². The van der Waals surface area contributed by atoms with Crippen LogP contribution in [0.5, 0.6) is 0 Å². The van der Waals surface area contributed by atoms with Gasteiger partial charge in [-0.1, -0.05) is 42.5 Å². The van der Waals surface area contributed by atoms with Gasteiger partial charge in [-0.2, -0.15) is 0 Å². The highest BCUT2D eigenvalue weighted by Gasteiger charge is 2.06. The van der Waals surface area contributed by atoms with Gasteiger partial charge < -0.3 is 5.32 Å². The van der Waals surface area contributed by atoms with Gasteiger partial charge in [-0.3, -0.25) is 0 Å². The van der Waals surface area contributed by atoms with Crippen LogP contribution in [0.3, 0.4) is 0 Å². The van der Waals surface area contributed by atoms with Gasteiger partial charge in [-0.05, 0) is 42.3 Å². The van der Waals surface area contributed by atoms with E-state index < -0.39 is 0 Å². The van der Waals surface area contributed by atoms with E-state index in [9.17, 15) is 0 Å². The molecule has 1 aliphatic heterocycles. The molecule has 0 aliphatic carbocycles. The Balaban J connectivity index is 0.000000130. The standard InChI is InChI=1S/C12H8N2.C8H9N/c1-2-6-10-9(5-1)13-11-7-3-4-8-12(11)14-10;1-2-4-8-7(3-1)5-6-9-8/h1-8H;1-4,9H,5-6H2. The fraction of sp³-hybridized carbons (Fsp3) is 0.100. The van der Waals surface area contributed by atoms with Gasteiger partial charge >= 0.3 is 0 Å². The lowest BCUT2D eigenvalue weighted by Gasteiger charge is -1.98. The van der Waals surface area contributed by atoms with Crippen molar-refractivity contribution < 1.29 is 0 Å². The van der Waals surface area contributed by atoms with E-state index in [0.717, 1.165) is 28.6 Å². The zero-order valence-electron chi connectivity index (χ0n) is 12.7. The van der Waals surface area contributed by atoms with Crippen LogP contribution < -0.4 is 5.32 Å². The molecule has 23 heavy (non-hydrogen) atoms. The number of hydrogen-bond acceptors (Lipinski definition) is 3. The lowest BCUT2D eigenvalue weighted by Crippen LogP contribution is -1.90. The van der Waals surface area contributed by atoms with Crippen molar-refractivity contribution in [2.45, 2.75) is 6.42 Å². The first-order valence-electron chi connectivity index (χ1n) is 7.83. The van der Waals surface area contributed by atoms with E-state index in [1.807, 2.05) is 48.5 Å². The van der Waals surface area contributed by atoms with Crippen molar-refractivity contribution in [3.63, 3.8) is 0 Å². The molecule has 0 unspecified atom stereocenters. The van der Waals surface area contributed by atoms with Crippen LogP contribution in [0.15, 0.2) is 72.8 Å². The number of nitrogens with zero attached hydrogens (tertiary/aromatic N) is 2. The number of anilines is 1. The molecule has 0 atom stereocenters. The summed E-state index contributed by atoms with van der Waals surface area (Å²) in [5, 5.41) is 3.30. The summed E-state index contributed by atoms with van der Waals surface area (Å²) in [5.41, 5.74) is 6.57. The Morgan fingerprint density at radius 1 is 0.609 bits per heavy atom. The smallest absolute Gasteiger partial charge is 0.0894 e. The number of para-hydroxylation sites is 5. The molecule has 0 saturated carbocycles. The average Bonchev–Trinajstić information content (AvgIpc) is 3.09. The zero-order chi connectivity index (χ0) is 15.5. The quantitative estimate of drug-likeness (QED) is 0.488. The summed E-state index contributed by atoms with van der Waals surface area (Å²) in [7, 11) is 0. The first-order valence-corrected chi connectivity index (χ1v) is 7.83. The fourth-order valence-corrected chi connectivity index (χ4v) is 2.81. The predicted octanol–water partition coefficient (Wildman–Crippen LogP) is 4.44. The van der Waals surface area contributed by atoms with E-state index >= 15 is 0 Å². The minimum Gasteiger partial charge on any atom is -0.384 e. The monoisotopic (exact) mass is 299 g/mol. The van der Waals surface area contributed by atoms with Gasteiger partial charge in [0, 0.05) is 12.2 Å². The van der Waals surface area contributed by atoms with Crippen molar-refractivity contribution in [3.8, 4) is 0 Å². The van der Waals surface area contributed by atoms with E-state index in [0.29, 0.717) is 0 Å². The Labute approximate surface area is 135 Å². The molecule has 2 heterocycles. The lowest BCUT2D eigenvalue weighted by atomic mass is 10.2. The third-order valence-electron chi connectivity index (χ3n) is 3.97. The summed E-state index contributed by atoms with van der Waals surface area (Å²) in [6.45, 7) is 1.11. The van der Waals surface area contributed by atoms with Crippen LogP contribution in [-0.2, 0) is 6.42 Å². The molecule has 1 aliphatic rings. The average molecular weight is 299 g/mol. The molecule has 4 aromatic rings. The molecule has 112 valence electrons. The Morgan fingerprint density at radius 3 is 1.61 bits per heavy atom. The zero-order valence-corrected chi connectivity index (χ0v) is 12.7. The number of benzene rings is 3. The van der Waals surface area contributed by atoms with E-state index in [-0.39, 0.29) is 0 Å². The summed E-state index contributed by atoms with van der Waals surface area (Å²) in [6.07, 6.45) is 1.19. The summed E-state index contributed by atoms with van der Waals surface area (Å²) in [5.74, 6) is 0. The molecule has 0 saturated heterocycles. The summed E-state index contributed by atoms with van der Waals surface area (Å²) >= 11 is 0. The Hall–Kier alpha value is -2.94. The minimum atomic E-state index is 0.950. The molecule has 0 spiro atoms. The Morgan fingerprint density at radius 2 is 1.09 bits per heavy atom. The van der Waals surface area contributed by atoms with Crippen molar-refractivity contribution in [3.05, 3.63) is 78.4 Å². The van der Waals surface area contributed by atoms with E-state index in [1.54, 1.807) is 0 Å². The molecule has 3 aromatic carbocycles. The maximum atomic E-state index is 4.52. The molecule has 0 radical (unpaired) electrons. The Bertz CT molecular complexity index is 835. The summed E-state index contributed by atoms with van der Waals surface area (Å²) < 4.78 is 0. The van der Waals surface area contributed by atoms with Gasteiger partial charge in [0.15, 0.2) is 0 Å². The second-order valence-corrected chi connectivity index (χ2v) is 5.53. The second-order valence-electron chi connectivity index (χ2n) is 5.53. The number of fused-ring (bicyclic) bond motifs is 3. The van der Waals surface area contributed by atoms with Crippen molar-refractivity contribution in [2.75, 3.05) is 11.9 Å². The summed E-state index contributed by atoms with van der Waals surface area (Å²) in [6, 6.07) is 24.3. The van der Waals surface area contributed by atoms with Crippen LogP contribution in [0.4, 0.5) is 5.69 Å². The van der Waals surface area contributed by atoms with Crippen LogP contribution in [0, 0.1) is 0 Å². The van der Waals surface area contributed by atoms with Gasteiger partial charge in [0.05, 0.1) is 22.1 Å². The molecule has 1 aromatic heterocycles. The van der Waals surface area contributed by atoms with E-state index in [4.69, 9.17) is 0 Å². The highest BCUT2D eigenvalue weighted by Crippen LogP contribution is 2.20. The lowest BCUT2D eigenvalue weighted by molar-refractivity contribution is 1.11. The normalized spacial score (nSPS) is 12.3. The molecule has 0 bridgehead atoms. The van der Waals surface area contributed by atoms with Gasteiger partial charge in [-0.15, -0.1) is 0 Å². The van der Waals surface area contributed by atoms with Crippen molar-refractivity contribution in [2.24, 2.45) is 0 Å². The molecular weight excluding hydrogens is 282 g/mol. The maximum Gasteiger partial charge on any atom is 0.0894 e. The number of hydrogen-bond donors (Lipinski definition) is 1. The van der Waals surface area contributed by atoms with Crippen LogP contribution in [0.25, 0.3) is 22.1 Å². The number of rotatable bonds is 0. The predicted molar refractivity (Wildman–Crippen MR) is 95.7 cm³/mol. The topological polar surface area (TPSA) is 37.8 Å². The largest absolute Gasteiger partial charge is 0.384 e. The number of nitrogens with one attached hydrogen (secondary N) is 1. The molecular formula is C20H17N3. The van der Waals surface area contributed by atoms with Gasteiger partial charge in [0.25, 0.3) is 0 Å². The maximum absolute atomic E-state index is 4.52. The van der Waals surface area contributed by atoms with Crippen molar-refractivity contribution in [1.29, 1.82) is 0 Å². The SMILES string of the molecule is c1ccc2c(c1)CCN2.c1ccc2nc3ccccc3nc2c1. The number of aromatic nitrogens is 2. The highest BCUT2D eigenvalue weighted by atomic mass is 14.9. The van der Waals surface area contributed by atoms with Gasteiger partial charge in [0.2, 0.25) is 0 Å². The van der Waals surface area contributed by atoms with Crippen LogP contribution >= 0.6 is 0 Å². The molecule has 0 fully saturated rings. The van der Waals surface area contributed by atoms with E-state index in [1.165, 1.54) is 17.7 Å². The third kappa shape index (κ3) is 2.86. The highest BCUT2D eigenvalue weighted by molar-refractivity contribution is 5.85. The molecule has 0 amide bonds.